The Kier molecular flexibility index (Phi) is 3.66. The Morgan fingerprint density at radius 3 is 2.56 bits per heavy atom. The second-order valence-corrected chi connectivity index (χ2v) is 3.16. The number of rotatable bonds is 3. The van der Waals surface area contributed by atoms with Crippen molar-refractivity contribution in [1.29, 1.82) is 0 Å². The van der Waals surface area contributed by atoms with Crippen LogP contribution in [-0.4, -0.2) is 22.1 Å². The van der Waals surface area contributed by atoms with Crippen LogP contribution in [-0.2, 0) is 9.59 Å². The number of amides is 1. The van der Waals surface area contributed by atoms with E-state index in [9.17, 15) is 9.59 Å². The zero-order valence-corrected chi connectivity index (χ0v) is 8.60. The third-order valence-electron chi connectivity index (χ3n) is 1.85. The topological polar surface area (TPSA) is 86.6 Å². The number of aromatic hydroxyl groups is 1. The van der Waals surface area contributed by atoms with E-state index in [4.69, 9.17) is 10.2 Å². The van der Waals surface area contributed by atoms with Gasteiger partial charge >= 0.3 is 5.97 Å². The number of aliphatic carboxylic acids is 1. The summed E-state index contributed by atoms with van der Waals surface area (Å²) in [6.45, 7) is 1.72. The molecular weight excluding hydrogens is 210 g/mol. The molecule has 0 unspecified atom stereocenters. The lowest BCUT2D eigenvalue weighted by Crippen LogP contribution is -2.09. The molecule has 84 valence electrons. The molecular formula is C11H11NO4. The van der Waals surface area contributed by atoms with E-state index in [1.807, 2.05) is 0 Å². The highest BCUT2D eigenvalue weighted by molar-refractivity contribution is 6.02. The van der Waals surface area contributed by atoms with Crippen molar-refractivity contribution < 1.29 is 19.8 Å². The number of hydrogen-bond acceptors (Lipinski definition) is 3. The minimum Gasteiger partial charge on any atom is -0.508 e. The molecule has 0 heterocycles. The fourth-order valence-electron chi connectivity index (χ4n) is 1.11. The van der Waals surface area contributed by atoms with Gasteiger partial charge in [0.15, 0.2) is 0 Å². The molecule has 5 nitrogen and oxygen atoms in total. The van der Waals surface area contributed by atoms with Gasteiger partial charge in [0.05, 0.1) is 0 Å². The SMILES string of the molecule is Cc1cc(O)ccc1NC(=O)C=CC(=O)O. The monoisotopic (exact) mass is 221 g/mol. The molecule has 1 aromatic rings. The van der Waals surface area contributed by atoms with Gasteiger partial charge < -0.3 is 15.5 Å². The molecule has 1 amide bonds. The van der Waals surface area contributed by atoms with Crippen LogP contribution in [0, 0.1) is 6.92 Å². The van der Waals surface area contributed by atoms with Crippen molar-refractivity contribution in [2.45, 2.75) is 6.92 Å². The molecule has 1 rings (SSSR count). The first-order valence-corrected chi connectivity index (χ1v) is 4.50. The first-order chi connectivity index (χ1) is 7.49. The Morgan fingerprint density at radius 1 is 1.31 bits per heavy atom. The molecule has 0 radical (unpaired) electrons. The number of phenols is 1. The van der Waals surface area contributed by atoms with E-state index < -0.39 is 11.9 Å². The van der Waals surface area contributed by atoms with Crippen LogP contribution in [0.25, 0.3) is 0 Å². The van der Waals surface area contributed by atoms with Crippen molar-refractivity contribution in [3.63, 3.8) is 0 Å². The fourth-order valence-corrected chi connectivity index (χ4v) is 1.11. The smallest absolute Gasteiger partial charge is 0.328 e. The van der Waals surface area contributed by atoms with Crippen molar-refractivity contribution in [2.24, 2.45) is 0 Å². The summed E-state index contributed by atoms with van der Waals surface area (Å²) in [5.41, 5.74) is 1.22. The zero-order valence-electron chi connectivity index (χ0n) is 8.60. The van der Waals surface area contributed by atoms with Crippen molar-refractivity contribution >= 4 is 17.6 Å². The van der Waals surface area contributed by atoms with Crippen LogP contribution in [0.3, 0.4) is 0 Å². The van der Waals surface area contributed by atoms with Gasteiger partial charge in [-0.1, -0.05) is 0 Å². The zero-order chi connectivity index (χ0) is 12.1. The summed E-state index contributed by atoms with van der Waals surface area (Å²) in [5.74, 6) is -1.61. The number of carboxylic acids is 1. The first kappa shape index (κ1) is 11.8. The molecule has 0 saturated heterocycles. The Hall–Kier alpha value is -2.30. The highest BCUT2D eigenvalue weighted by Crippen LogP contribution is 2.19. The Morgan fingerprint density at radius 2 is 2.00 bits per heavy atom. The minimum atomic E-state index is -1.18. The number of carboxylic acid groups (broad SMARTS) is 1. The molecule has 0 aliphatic carbocycles. The van der Waals surface area contributed by atoms with Gasteiger partial charge in [-0.05, 0) is 30.7 Å². The first-order valence-electron chi connectivity index (χ1n) is 4.50. The van der Waals surface area contributed by atoms with Gasteiger partial charge in [-0.3, -0.25) is 4.79 Å². The van der Waals surface area contributed by atoms with Gasteiger partial charge in [-0.2, -0.15) is 0 Å². The maximum absolute atomic E-state index is 11.2. The number of phenolic OH excluding ortho intramolecular Hbond substituents is 1. The molecule has 0 atom stereocenters. The molecule has 0 aliphatic rings. The molecule has 3 N–H and O–H groups in total. The van der Waals surface area contributed by atoms with Gasteiger partial charge in [0.1, 0.15) is 5.75 Å². The standard InChI is InChI=1S/C11H11NO4/c1-7-6-8(13)2-3-9(7)12-10(14)4-5-11(15)16/h2-6,13H,1H3,(H,12,14)(H,15,16). The molecule has 0 fully saturated rings. The Labute approximate surface area is 92.0 Å². The summed E-state index contributed by atoms with van der Waals surface area (Å²) >= 11 is 0. The van der Waals surface area contributed by atoms with Gasteiger partial charge in [0.25, 0.3) is 0 Å². The highest BCUT2D eigenvalue weighted by Gasteiger charge is 2.02. The van der Waals surface area contributed by atoms with Crippen LogP contribution in [0.2, 0.25) is 0 Å². The summed E-state index contributed by atoms with van der Waals surface area (Å²) in [4.78, 5) is 21.4. The summed E-state index contributed by atoms with van der Waals surface area (Å²) < 4.78 is 0. The average Bonchev–Trinajstić information content (AvgIpc) is 2.19. The largest absolute Gasteiger partial charge is 0.508 e. The molecule has 0 saturated carbocycles. The van der Waals surface area contributed by atoms with Crippen LogP contribution < -0.4 is 5.32 Å². The van der Waals surface area contributed by atoms with E-state index in [1.165, 1.54) is 18.2 Å². The van der Waals surface area contributed by atoms with E-state index in [0.717, 1.165) is 12.2 Å². The molecule has 0 aliphatic heterocycles. The normalized spacial score (nSPS) is 10.3. The van der Waals surface area contributed by atoms with E-state index >= 15 is 0 Å². The lowest BCUT2D eigenvalue weighted by molar-refractivity contribution is -0.131. The average molecular weight is 221 g/mol. The van der Waals surface area contributed by atoms with Crippen LogP contribution in [0.15, 0.2) is 30.4 Å². The third kappa shape index (κ3) is 3.45. The van der Waals surface area contributed by atoms with Gasteiger partial charge in [-0.15, -0.1) is 0 Å². The molecule has 0 aromatic heterocycles. The van der Waals surface area contributed by atoms with Gasteiger partial charge in [-0.25, -0.2) is 4.79 Å². The number of benzene rings is 1. The predicted molar refractivity (Wildman–Crippen MR) is 58.2 cm³/mol. The number of aryl methyl sites for hydroxylation is 1. The second-order valence-electron chi connectivity index (χ2n) is 3.16. The van der Waals surface area contributed by atoms with Crippen LogP contribution in [0.5, 0.6) is 5.75 Å². The van der Waals surface area contributed by atoms with Gasteiger partial charge in [0.2, 0.25) is 5.91 Å². The third-order valence-corrected chi connectivity index (χ3v) is 1.85. The summed E-state index contributed by atoms with van der Waals surface area (Å²) in [7, 11) is 0. The van der Waals surface area contributed by atoms with E-state index in [0.29, 0.717) is 11.3 Å². The maximum atomic E-state index is 11.2. The van der Waals surface area contributed by atoms with Crippen molar-refractivity contribution in [3.05, 3.63) is 35.9 Å². The second kappa shape index (κ2) is 4.97. The number of anilines is 1. The van der Waals surface area contributed by atoms with Crippen molar-refractivity contribution in [3.8, 4) is 5.75 Å². The van der Waals surface area contributed by atoms with E-state index in [-0.39, 0.29) is 5.75 Å². The number of carbonyl (C=O) groups excluding carboxylic acids is 1. The van der Waals surface area contributed by atoms with Crippen molar-refractivity contribution in [1.82, 2.24) is 0 Å². The fraction of sp³-hybridized carbons (Fsp3) is 0.0909. The Balaban J connectivity index is 2.73. The number of carbonyl (C=O) groups is 2. The minimum absolute atomic E-state index is 0.108. The van der Waals surface area contributed by atoms with E-state index in [2.05, 4.69) is 5.32 Å². The van der Waals surface area contributed by atoms with Gasteiger partial charge in [0, 0.05) is 17.8 Å². The molecule has 5 heteroatoms. The number of nitrogens with one attached hydrogen (secondary N) is 1. The van der Waals surface area contributed by atoms with E-state index in [1.54, 1.807) is 6.92 Å². The summed E-state index contributed by atoms with van der Waals surface area (Å²) in [6, 6.07) is 4.47. The highest BCUT2D eigenvalue weighted by atomic mass is 16.4. The lowest BCUT2D eigenvalue weighted by Gasteiger charge is -2.06. The molecule has 1 aromatic carbocycles. The molecule has 0 spiro atoms. The summed E-state index contributed by atoms with van der Waals surface area (Å²) in [5, 5.41) is 20.0. The Bertz CT molecular complexity index is 451. The molecule has 16 heavy (non-hydrogen) atoms. The lowest BCUT2D eigenvalue weighted by atomic mass is 10.2. The van der Waals surface area contributed by atoms with Crippen LogP contribution in [0.1, 0.15) is 5.56 Å². The quantitative estimate of drug-likeness (QED) is 0.530. The van der Waals surface area contributed by atoms with Crippen LogP contribution in [0.4, 0.5) is 5.69 Å². The van der Waals surface area contributed by atoms with Crippen LogP contribution >= 0.6 is 0 Å². The van der Waals surface area contributed by atoms with Crippen molar-refractivity contribution in [2.75, 3.05) is 5.32 Å². The summed E-state index contributed by atoms with van der Waals surface area (Å²) in [6.07, 6.45) is 1.68. The predicted octanol–water partition coefficient (Wildman–Crippen LogP) is 1.28. The molecule has 0 bridgehead atoms. The maximum Gasteiger partial charge on any atom is 0.328 e. The number of hydrogen-bond donors (Lipinski definition) is 3.